The summed E-state index contributed by atoms with van der Waals surface area (Å²) in [6.45, 7) is 12.9. The fourth-order valence-electron chi connectivity index (χ4n) is 6.08. The smallest absolute Gasteiger partial charge is 0.226 e. The predicted molar refractivity (Wildman–Crippen MR) is 132 cm³/mol. The highest BCUT2D eigenvalue weighted by Gasteiger charge is 2.39. The van der Waals surface area contributed by atoms with Crippen LogP contribution >= 0.6 is 0 Å². The molecule has 1 amide bonds. The SMILES string of the molecule is CC(C)C1CN(c2cc(C3CC3)c3c(c2C#N)CC(C)(C)OC3)CCN1C(=O)C1CCOCC1. The van der Waals surface area contributed by atoms with Crippen molar-refractivity contribution in [2.45, 2.75) is 84.0 Å². The van der Waals surface area contributed by atoms with Gasteiger partial charge in [-0.2, -0.15) is 5.26 Å². The molecule has 1 unspecified atom stereocenters. The van der Waals surface area contributed by atoms with E-state index in [1.807, 2.05) is 0 Å². The van der Waals surface area contributed by atoms with Crippen LogP contribution in [-0.2, 0) is 27.3 Å². The number of anilines is 1. The summed E-state index contributed by atoms with van der Waals surface area (Å²) in [6.07, 6.45) is 4.88. The Morgan fingerprint density at radius 3 is 2.53 bits per heavy atom. The third-order valence-electron chi connectivity index (χ3n) is 8.28. The molecule has 0 N–H and O–H groups in total. The monoisotopic (exact) mass is 465 g/mol. The molecule has 0 radical (unpaired) electrons. The van der Waals surface area contributed by atoms with E-state index in [4.69, 9.17) is 9.47 Å². The molecule has 3 heterocycles. The van der Waals surface area contributed by atoms with Crippen molar-refractivity contribution in [3.63, 3.8) is 0 Å². The number of piperazine rings is 1. The van der Waals surface area contributed by atoms with Gasteiger partial charge in [0.25, 0.3) is 0 Å². The number of hydrogen-bond donors (Lipinski definition) is 0. The van der Waals surface area contributed by atoms with Crippen LogP contribution in [0.4, 0.5) is 5.69 Å². The van der Waals surface area contributed by atoms with Gasteiger partial charge in [-0.1, -0.05) is 13.8 Å². The van der Waals surface area contributed by atoms with E-state index in [1.54, 1.807) is 0 Å². The zero-order chi connectivity index (χ0) is 24.0. The van der Waals surface area contributed by atoms with Gasteiger partial charge < -0.3 is 19.3 Å². The van der Waals surface area contributed by atoms with Crippen LogP contribution in [0, 0.1) is 23.2 Å². The topological polar surface area (TPSA) is 65.8 Å². The van der Waals surface area contributed by atoms with Gasteiger partial charge in [0.05, 0.1) is 29.5 Å². The minimum atomic E-state index is -0.257. The molecule has 3 fully saturated rings. The number of rotatable bonds is 4. The summed E-state index contributed by atoms with van der Waals surface area (Å²) in [5.74, 6) is 1.33. The number of nitrogens with zero attached hydrogens (tertiary/aromatic N) is 3. The van der Waals surface area contributed by atoms with Crippen LogP contribution in [-0.4, -0.2) is 55.3 Å². The van der Waals surface area contributed by atoms with Gasteiger partial charge in [0, 0.05) is 45.2 Å². The number of ether oxygens (including phenoxy) is 2. The number of nitriles is 1. The van der Waals surface area contributed by atoms with E-state index in [0.29, 0.717) is 44.1 Å². The largest absolute Gasteiger partial charge is 0.381 e. The molecular formula is C28H39N3O3. The molecule has 0 bridgehead atoms. The highest BCUT2D eigenvalue weighted by Crippen LogP contribution is 2.47. The van der Waals surface area contributed by atoms with Gasteiger partial charge in [-0.05, 0) is 74.1 Å². The van der Waals surface area contributed by atoms with E-state index in [1.165, 1.54) is 29.5 Å². The summed E-state index contributed by atoms with van der Waals surface area (Å²) in [7, 11) is 0. The minimum absolute atomic E-state index is 0.0867. The van der Waals surface area contributed by atoms with E-state index < -0.39 is 0 Å². The minimum Gasteiger partial charge on any atom is -0.381 e. The zero-order valence-corrected chi connectivity index (χ0v) is 21.2. The van der Waals surface area contributed by atoms with Crippen molar-refractivity contribution in [2.75, 3.05) is 37.7 Å². The maximum absolute atomic E-state index is 13.4. The third kappa shape index (κ3) is 4.45. The van der Waals surface area contributed by atoms with E-state index in [0.717, 1.165) is 43.6 Å². The molecule has 4 aliphatic rings. The first-order valence-corrected chi connectivity index (χ1v) is 13.1. The van der Waals surface area contributed by atoms with Crippen LogP contribution in [0.2, 0.25) is 0 Å². The average Bonchev–Trinajstić information content (AvgIpc) is 3.67. The van der Waals surface area contributed by atoms with Gasteiger partial charge in [0.15, 0.2) is 0 Å². The van der Waals surface area contributed by atoms with Crippen molar-refractivity contribution in [1.82, 2.24) is 4.90 Å². The second kappa shape index (κ2) is 9.17. The van der Waals surface area contributed by atoms with E-state index in [9.17, 15) is 10.1 Å². The quantitative estimate of drug-likeness (QED) is 0.660. The van der Waals surface area contributed by atoms with Crippen molar-refractivity contribution in [1.29, 1.82) is 5.26 Å². The van der Waals surface area contributed by atoms with Crippen LogP contribution in [0.15, 0.2) is 6.07 Å². The molecule has 3 aliphatic heterocycles. The lowest BCUT2D eigenvalue weighted by atomic mass is 9.83. The molecule has 34 heavy (non-hydrogen) atoms. The van der Waals surface area contributed by atoms with Crippen LogP contribution in [0.5, 0.6) is 0 Å². The average molecular weight is 466 g/mol. The van der Waals surface area contributed by atoms with Gasteiger partial charge in [0.1, 0.15) is 6.07 Å². The first-order valence-electron chi connectivity index (χ1n) is 13.1. The molecule has 1 aromatic rings. The number of amides is 1. The molecule has 1 aliphatic carbocycles. The van der Waals surface area contributed by atoms with Gasteiger partial charge in [0.2, 0.25) is 5.91 Å². The second-order valence-corrected chi connectivity index (χ2v) is 11.6. The molecule has 5 rings (SSSR count). The van der Waals surface area contributed by atoms with E-state index in [2.05, 4.69) is 49.6 Å². The Morgan fingerprint density at radius 2 is 1.88 bits per heavy atom. The van der Waals surface area contributed by atoms with Crippen LogP contribution in [0.25, 0.3) is 0 Å². The molecule has 1 aromatic carbocycles. The van der Waals surface area contributed by atoms with Gasteiger partial charge in [-0.25, -0.2) is 0 Å². The summed E-state index contributed by atoms with van der Waals surface area (Å²) < 4.78 is 11.7. The Bertz CT molecular complexity index is 986. The van der Waals surface area contributed by atoms with Gasteiger partial charge >= 0.3 is 0 Å². The Morgan fingerprint density at radius 1 is 1.15 bits per heavy atom. The van der Waals surface area contributed by atoms with Crippen molar-refractivity contribution < 1.29 is 14.3 Å². The Hall–Kier alpha value is -2.10. The van der Waals surface area contributed by atoms with Crippen molar-refractivity contribution >= 4 is 11.6 Å². The summed E-state index contributed by atoms with van der Waals surface area (Å²) in [4.78, 5) is 18.0. The van der Waals surface area contributed by atoms with Crippen LogP contribution < -0.4 is 4.90 Å². The fraction of sp³-hybridized carbons (Fsp3) is 0.714. The first-order chi connectivity index (χ1) is 16.3. The predicted octanol–water partition coefficient (Wildman–Crippen LogP) is 4.39. The Balaban J connectivity index is 1.46. The third-order valence-corrected chi connectivity index (χ3v) is 8.28. The first kappa shape index (κ1) is 23.6. The number of fused-ring (bicyclic) bond motifs is 1. The van der Waals surface area contributed by atoms with Crippen LogP contribution in [0.3, 0.4) is 0 Å². The standard InChI is InChI=1S/C28H39N3O3/c1-18(2)26-16-30(9-10-31(26)27(32)20-7-11-33-12-8-20)25-13-21(19-5-6-19)24-17-34-28(3,4)14-22(24)23(25)15-29/h13,18-20,26H,5-12,14,16-17H2,1-4H3. The Labute approximate surface area is 204 Å². The second-order valence-electron chi connectivity index (χ2n) is 11.6. The summed E-state index contributed by atoms with van der Waals surface area (Å²) in [5.41, 5.74) is 5.48. The summed E-state index contributed by atoms with van der Waals surface area (Å²) in [6, 6.07) is 5.03. The molecule has 2 saturated heterocycles. The van der Waals surface area contributed by atoms with Crippen molar-refractivity contribution in [3.05, 3.63) is 28.3 Å². The number of carbonyl (C=O) groups excluding carboxylic acids is 1. The molecule has 0 spiro atoms. The number of benzene rings is 1. The maximum atomic E-state index is 13.4. The number of carbonyl (C=O) groups is 1. The lowest BCUT2D eigenvalue weighted by Crippen LogP contribution is -2.59. The van der Waals surface area contributed by atoms with E-state index in [-0.39, 0.29) is 17.6 Å². The van der Waals surface area contributed by atoms with Crippen LogP contribution in [0.1, 0.15) is 81.5 Å². The summed E-state index contributed by atoms with van der Waals surface area (Å²) in [5, 5.41) is 10.3. The highest BCUT2D eigenvalue weighted by atomic mass is 16.5. The normalized spacial score (nSPS) is 25.2. The number of hydrogen-bond acceptors (Lipinski definition) is 5. The van der Waals surface area contributed by atoms with Gasteiger partial charge in [-0.3, -0.25) is 4.79 Å². The van der Waals surface area contributed by atoms with Crippen molar-refractivity contribution in [2.24, 2.45) is 11.8 Å². The van der Waals surface area contributed by atoms with Crippen molar-refractivity contribution in [3.8, 4) is 6.07 Å². The fourth-order valence-corrected chi connectivity index (χ4v) is 6.08. The van der Waals surface area contributed by atoms with Gasteiger partial charge in [-0.15, -0.1) is 0 Å². The molecule has 184 valence electrons. The molecule has 0 aromatic heterocycles. The lowest BCUT2D eigenvalue weighted by molar-refractivity contribution is -0.142. The van der Waals surface area contributed by atoms with E-state index >= 15 is 0 Å². The maximum Gasteiger partial charge on any atom is 0.226 e. The molecular weight excluding hydrogens is 426 g/mol. The lowest BCUT2D eigenvalue weighted by Gasteiger charge is -2.46. The molecule has 1 saturated carbocycles. The highest BCUT2D eigenvalue weighted by molar-refractivity contribution is 5.80. The molecule has 1 atom stereocenters. The molecule has 6 nitrogen and oxygen atoms in total. The Kier molecular flexibility index (Phi) is 6.37. The summed E-state index contributed by atoms with van der Waals surface area (Å²) >= 11 is 0. The zero-order valence-electron chi connectivity index (χ0n) is 21.2. The molecule has 6 heteroatoms.